The van der Waals surface area contributed by atoms with Crippen LogP contribution in [0.15, 0.2) is 64.4 Å². The molecule has 5 nitrogen and oxygen atoms in total. The van der Waals surface area contributed by atoms with Crippen molar-refractivity contribution in [2.75, 3.05) is 0 Å². The normalized spacial score (nSPS) is 13.3. The quantitative estimate of drug-likeness (QED) is 0.276. The van der Waals surface area contributed by atoms with E-state index in [1.807, 2.05) is 44.2 Å². The van der Waals surface area contributed by atoms with Gasteiger partial charge in [0, 0.05) is 0 Å². The van der Waals surface area contributed by atoms with Crippen LogP contribution < -0.4 is 5.43 Å². The summed E-state index contributed by atoms with van der Waals surface area (Å²) >= 11 is 1.42. The van der Waals surface area contributed by atoms with Gasteiger partial charge in [-0.25, -0.2) is 10.4 Å². The number of aromatic amines is 1. The number of aromatic nitrogens is 2. The first kappa shape index (κ1) is 21.8. The first-order valence-corrected chi connectivity index (χ1v) is 11.1. The predicted molar refractivity (Wildman–Crippen MR) is 127 cm³/mol. The molecule has 1 heterocycles. The summed E-state index contributed by atoms with van der Waals surface area (Å²) < 4.78 is 0. The maximum Gasteiger partial charge on any atom is 0.253 e. The van der Waals surface area contributed by atoms with Gasteiger partial charge in [0.15, 0.2) is 5.16 Å². The minimum Gasteiger partial charge on any atom is -0.333 e. The summed E-state index contributed by atoms with van der Waals surface area (Å²) in [5.41, 5.74) is 7.92. The maximum atomic E-state index is 12.5. The highest BCUT2D eigenvalue weighted by Gasteiger charge is 2.19. The monoisotopic (exact) mass is 420 g/mol. The summed E-state index contributed by atoms with van der Waals surface area (Å²) in [6.45, 7) is 8.31. The molecular formula is C24H28N4OS. The SMILES string of the molecule is CC[C@@H](Sc1nc2ccccc2[nH]1)C(=O)N/N=C/C(C)=C\c1ccc(C(C)C)cc1. The Morgan fingerprint density at radius 2 is 1.93 bits per heavy atom. The van der Waals surface area contributed by atoms with Gasteiger partial charge in [0.05, 0.1) is 22.5 Å². The third-order valence-electron chi connectivity index (χ3n) is 4.73. The van der Waals surface area contributed by atoms with Crippen LogP contribution in [0, 0.1) is 0 Å². The topological polar surface area (TPSA) is 70.1 Å². The van der Waals surface area contributed by atoms with Gasteiger partial charge in [-0.2, -0.15) is 5.10 Å². The number of fused-ring (bicyclic) bond motifs is 1. The number of imidazole rings is 1. The number of hydrogen-bond acceptors (Lipinski definition) is 4. The van der Waals surface area contributed by atoms with Crippen LogP contribution in [0.5, 0.6) is 0 Å². The number of rotatable bonds is 8. The minimum atomic E-state index is -0.268. The smallest absolute Gasteiger partial charge is 0.253 e. The third kappa shape index (κ3) is 5.83. The van der Waals surface area contributed by atoms with E-state index in [0.717, 1.165) is 27.3 Å². The number of hydrazone groups is 1. The van der Waals surface area contributed by atoms with Crippen LogP contribution in [-0.2, 0) is 4.79 Å². The molecule has 30 heavy (non-hydrogen) atoms. The van der Waals surface area contributed by atoms with E-state index in [9.17, 15) is 4.79 Å². The summed E-state index contributed by atoms with van der Waals surface area (Å²) in [5, 5.41) is 4.60. The van der Waals surface area contributed by atoms with Crippen LogP contribution in [0.25, 0.3) is 17.1 Å². The van der Waals surface area contributed by atoms with E-state index in [4.69, 9.17) is 0 Å². The number of amides is 1. The molecule has 6 heteroatoms. The van der Waals surface area contributed by atoms with Crippen molar-refractivity contribution >= 4 is 41.0 Å². The zero-order valence-corrected chi connectivity index (χ0v) is 18.7. The van der Waals surface area contributed by atoms with Gasteiger partial charge in [-0.15, -0.1) is 0 Å². The minimum absolute atomic E-state index is 0.131. The number of thioether (sulfide) groups is 1. The fourth-order valence-electron chi connectivity index (χ4n) is 2.99. The van der Waals surface area contributed by atoms with Crippen molar-refractivity contribution < 1.29 is 4.79 Å². The highest BCUT2D eigenvalue weighted by atomic mass is 32.2. The molecule has 2 N–H and O–H groups in total. The lowest BCUT2D eigenvalue weighted by molar-refractivity contribution is -0.120. The van der Waals surface area contributed by atoms with E-state index >= 15 is 0 Å². The molecule has 0 saturated heterocycles. The first-order chi connectivity index (χ1) is 14.5. The molecule has 0 radical (unpaired) electrons. The van der Waals surface area contributed by atoms with Crippen molar-refractivity contribution in [3.63, 3.8) is 0 Å². The van der Waals surface area contributed by atoms with E-state index in [1.165, 1.54) is 17.3 Å². The molecule has 0 fully saturated rings. The summed E-state index contributed by atoms with van der Waals surface area (Å²) in [4.78, 5) is 20.3. The molecule has 3 aromatic rings. The van der Waals surface area contributed by atoms with E-state index in [2.05, 4.69) is 58.6 Å². The van der Waals surface area contributed by atoms with E-state index in [0.29, 0.717) is 12.3 Å². The number of nitrogens with one attached hydrogen (secondary N) is 2. The van der Waals surface area contributed by atoms with Gasteiger partial charge < -0.3 is 4.98 Å². The van der Waals surface area contributed by atoms with Crippen LogP contribution in [0.4, 0.5) is 0 Å². The number of para-hydroxylation sites is 2. The van der Waals surface area contributed by atoms with Crippen molar-refractivity contribution in [2.24, 2.45) is 5.10 Å². The zero-order chi connectivity index (χ0) is 21.5. The number of carbonyl (C=O) groups is 1. The second-order valence-electron chi connectivity index (χ2n) is 7.52. The average molecular weight is 421 g/mol. The molecule has 1 aromatic heterocycles. The van der Waals surface area contributed by atoms with Crippen molar-refractivity contribution in [2.45, 2.75) is 50.4 Å². The van der Waals surface area contributed by atoms with Gasteiger partial charge in [-0.05, 0) is 48.1 Å². The highest BCUT2D eigenvalue weighted by Crippen LogP contribution is 2.25. The molecule has 156 valence electrons. The number of carbonyl (C=O) groups excluding carboxylic acids is 1. The second-order valence-corrected chi connectivity index (χ2v) is 8.71. The molecule has 0 saturated carbocycles. The molecule has 1 atom stereocenters. The molecule has 0 aliphatic heterocycles. The molecular weight excluding hydrogens is 392 g/mol. The first-order valence-electron chi connectivity index (χ1n) is 10.2. The van der Waals surface area contributed by atoms with Gasteiger partial charge in [0.1, 0.15) is 0 Å². The molecule has 3 rings (SSSR count). The summed E-state index contributed by atoms with van der Waals surface area (Å²) in [7, 11) is 0. The van der Waals surface area contributed by atoms with Gasteiger partial charge in [0.2, 0.25) is 0 Å². The highest BCUT2D eigenvalue weighted by molar-refractivity contribution is 8.00. The number of H-pyrrole nitrogens is 1. The van der Waals surface area contributed by atoms with Crippen LogP contribution in [0.1, 0.15) is 51.2 Å². The molecule has 0 aliphatic carbocycles. The third-order valence-corrected chi connectivity index (χ3v) is 5.97. The van der Waals surface area contributed by atoms with Gasteiger partial charge in [-0.1, -0.05) is 75.0 Å². The Morgan fingerprint density at radius 1 is 1.20 bits per heavy atom. The Morgan fingerprint density at radius 3 is 2.60 bits per heavy atom. The molecule has 0 unspecified atom stereocenters. The molecule has 0 aliphatic rings. The van der Waals surface area contributed by atoms with Gasteiger partial charge in [-0.3, -0.25) is 4.79 Å². The average Bonchev–Trinajstić information content (AvgIpc) is 3.14. The Bertz CT molecular complexity index is 1020. The van der Waals surface area contributed by atoms with Crippen molar-refractivity contribution in [3.05, 3.63) is 65.2 Å². The van der Waals surface area contributed by atoms with Gasteiger partial charge in [0.25, 0.3) is 5.91 Å². The van der Waals surface area contributed by atoms with Crippen LogP contribution in [0.3, 0.4) is 0 Å². The van der Waals surface area contributed by atoms with E-state index < -0.39 is 0 Å². The predicted octanol–water partition coefficient (Wildman–Crippen LogP) is 5.76. The van der Waals surface area contributed by atoms with Crippen LogP contribution in [-0.4, -0.2) is 27.3 Å². The number of allylic oxidation sites excluding steroid dienone is 1. The molecule has 0 spiro atoms. The summed E-state index contributed by atoms with van der Waals surface area (Å²) in [6.07, 6.45) is 4.40. The lowest BCUT2D eigenvalue weighted by Crippen LogP contribution is -2.28. The van der Waals surface area contributed by atoms with Crippen molar-refractivity contribution in [1.82, 2.24) is 15.4 Å². The number of nitrogens with zero attached hydrogens (tertiary/aromatic N) is 2. The Hall–Kier alpha value is -2.86. The maximum absolute atomic E-state index is 12.5. The Labute approximate surface area is 182 Å². The largest absolute Gasteiger partial charge is 0.333 e. The van der Waals surface area contributed by atoms with Crippen molar-refractivity contribution in [1.29, 1.82) is 0 Å². The Balaban J connectivity index is 1.57. The second kappa shape index (κ2) is 10.3. The number of benzene rings is 2. The van der Waals surface area contributed by atoms with Crippen LogP contribution in [0.2, 0.25) is 0 Å². The molecule has 1 amide bonds. The van der Waals surface area contributed by atoms with E-state index in [-0.39, 0.29) is 11.2 Å². The number of hydrogen-bond donors (Lipinski definition) is 2. The van der Waals surface area contributed by atoms with Gasteiger partial charge >= 0.3 is 0 Å². The molecule has 2 aromatic carbocycles. The van der Waals surface area contributed by atoms with Crippen molar-refractivity contribution in [3.8, 4) is 0 Å². The van der Waals surface area contributed by atoms with Crippen LogP contribution >= 0.6 is 11.8 Å². The lowest BCUT2D eigenvalue weighted by Gasteiger charge is -2.10. The summed E-state index contributed by atoms with van der Waals surface area (Å²) in [6, 6.07) is 16.3. The fraction of sp³-hybridized carbons (Fsp3) is 0.292. The van der Waals surface area contributed by atoms with E-state index in [1.54, 1.807) is 6.21 Å². The lowest BCUT2D eigenvalue weighted by atomic mass is 10.0. The zero-order valence-electron chi connectivity index (χ0n) is 17.8. The standard InChI is InChI=1S/C24H28N4OS/c1-5-22(30-24-26-20-8-6-7-9-21(20)27-24)23(29)28-25-15-17(4)14-18-10-12-19(13-11-18)16(2)3/h6-16,22H,5H2,1-4H3,(H,26,27)(H,28,29)/b17-14-,25-15+/t22-/m1/s1. The molecule has 0 bridgehead atoms. The fourth-order valence-corrected chi connectivity index (χ4v) is 3.91. The Kier molecular flexibility index (Phi) is 7.46. The summed E-state index contributed by atoms with van der Waals surface area (Å²) in [5.74, 6) is 0.387.